The number of carbonyl (C=O) groups excluding carboxylic acids is 1. The number of benzene rings is 1. The molecule has 1 heterocycles. The topological polar surface area (TPSA) is 35.6 Å². The predicted molar refractivity (Wildman–Crippen MR) is 85.2 cm³/mol. The van der Waals surface area contributed by atoms with Crippen LogP contribution in [-0.4, -0.2) is 54.0 Å². The van der Waals surface area contributed by atoms with E-state index in [-0.39, 0.29) is 11.7 Å². The molecule has 0 aliphatic carbocycles. The second-order valence-electron chi connectivity index (χ2n) is 4.97. The highest BCUT2D eigenvalue weighted by molar-refractivity contribution is 7.80. The summed E-state index contributed by atoms with van der Waals surface area (Å²) in [4.78, 5) is 16.0. The third-order valence-electron chi connectivity index (χ3n) is 3.32. The lowest BCUT2D eigenvalue weighted by Gasteiger charge is -2.33. The van der Waals surface area contributed by atoms with E-state index in [1.807, 2.05) is 4.90 Å². The summed E-state index contributed by atoms with van der Waals surface area (Å²) in [6.07, 6.45) is 3.02. The van der Waals surface area contributed by atoms with Crippen molar-refractivity contribution in [3.8, 4) is 0 Å². The van der Waals surface area contributed by atoms with Crippen LogP contribution in [0, 0.1) is 5.82 Å². The highest BCUT2D eigenvalue weighted by atomic mass is 32.1. The molecule has 1 saturated heterocycles. The zero-order chi connectivity index (χ0) is 15.2. The average Bonchev–Trinajstić information content (AvgIpc) is 2.47. The lowest BCUT2D eigenvalue weighted by atomic mass is 10.2. The SMILES string of the molecule is CN1CCN(C(=S)NC(=O)/C=C\c2ccc(F)cc2)CC1. The van der Waals surface area contributed by atoms with E-state index in [1.165, 1.54) is 18.2 Å². The van der Waals surface area contributed by atoms with Gasteiger partial charge in [-0.3, -0.25) is 10.1 Å². The summed E-state index contributed by atoms with van der Waals surface area (Å²) < 4.78 is 12.8. The molecule has 0 saturated carbocycles. The van der Waals surface area contributed by atoms with Gasteiger partial charge in [0.2, 0.25) is 5.91 Å². The van der Waals surface area contributed by atoms with Gasteiger partial charge < -0.3 is 9.80 Å². The van der Waals surface area contributed by atoms with Crippen LogP contribution in [0.5, 0.6) is 0 Å². The van der Waals surface area contributed by atoms with Crippen molar-refractivity contribution < 1.29 is 9.18 Å². The molecule has 1 aliphatic rings. The molecule has 1 amide bonds. The molecule has 1 N–H and O–H groups in total. The molecular weight excluding hydrogens is 289 g/mol. The van der Waals surface area contributed by atoms with Gasteiger partial charge in [-0.1, -0.05) is 12.1 Å². The van der Waals surface area contributed by atoms with Crippen LogP contribution in [0.1, 0.15) is 5.56 Å². The molecule has 1 aliphatic heterocycles. The van der Waals surface area contributed by atoms with Gasteiger partial charge in [-0.15, -0.1) is 0 Å². The van der Waals surface area contributed by atoms with E-state index < -0.39 is 0 Å². The van der Waals surface area contributed by atoms with Gasteiger partial charge >= 0.3 is 0 Å². The van der Waals surface area contributed by atoms with Crippen LogP contribution in [-0.2, 0) is 4.79 Å². The van der Waals surface area contributed by atoms with Crippen LogP contribution >= 0.6 is 12.2 Å². The average molecular weight is 307 g/mol. The standard InChI is InChI=1S/C15H18FN3OS/c1-18-8-10-19(11-9-18)15(21)17-14(20)7-4-12-2-5-13(16)6-3-12/h2-7H,8-11H2,1H3,(H,17,20,21)/b7-4-. The Balaban J connectivity index is 1.83. The van der Waals surface area contributed by atoms with E-state index in [0.717, 1.165) is 31.7 Å². The Bertz CT molecular complexity index is 536. The maximum absolute atomic E-state index is 12.8. The fraction of sp³-hybridized carbons (Fsp3) is 0.333. The molecule has 4 nitrogen and oxygen atoms in total. The van der Waals surface area contributed by atoms with Gasteiger partial charge in [0.15, 0.2) is 5.11 Å². The van der Waals surface area contributed by atoms with E-state index in [0.29, 0.717) is 5.11 Å². The molecule has 0 unspecified atom stereocenters. The Morgan fingerprint density at radius 2 is 1.86 bits per heavy atom. The van der Waals surface area contributed by atoms with Crippen LogP contribution in [0.25, 0.3) is 6.08 Å². The normalized spacial score (nSPS) is 16.2. The Morgan fingerprint density at radius 1 is 1.24 bits per heavy atom. The van der Waals surface area contributed by atoms with Crippen molar-refractivity contribution in [3.63, 3.8) is 0 Å². The van der Waals surface area contributed by atoms with Gasteiger partial charge in [0.1, 0.15) is 5.82 Å². The number of amides is 1. The Kier molecular flexibility index (Phi) is 5.41. The van der Waals surface area contributed by atoms with Crippen molar-refractivity contribution in [3.05, 3.63) is 41.7 Å². The van der Waals surface area contributed by atoms with Crippen LogP contribution in [0.15, 0.2) is 30.3 Å². The smallest absolute Gasteiger partial charge is 0.250 e. The molecular formula is C15H18FN3OS. The van der Waals surface area contributed by atoms with Gasteiger partial charge in [0.25, 0.3) is 0 Å². The summed E-state index contributed by atoms with van der Waals surface area (Å²) >= 11 is 5.23. The first kappa shape index (κ1) is 15.6. The van der Waals surface area contributed by atoms with E-state index in [1.54, 1.807) is 18.2 Å². The highest BCUT2D eigenvalue weighted by Gasteiger charge is 2.16. The van der Waals surface area contributed by atoms with Gasteiger partial charge in [-0.05, 0) is 43.0 Å². The maximum Gasteiger partial charge on any atom is 0.250 e. The van der Waals surface area contributed by atoms with E-state index in [9.17, 15) is 9.18 Å². The third-order valence-corrected chi connectivity index (χ3v) is 3.68. The molecule has 112 valence electrons. The van der Waals surface area contributed by atoms with Crippen molar-refractivity contribution in [2.75, 3.05) is 33.2 Å². The van der Waals surface area contributed by atoms with Crippen molar-refractivity contribution in [1.82, 2.24) is 15.1 Å². The van der Waals surface area contributed by atoms with E-state index in [4.69, 9.17) is 12.2 Å². The van der Waals surface area contributed by atoms with Crippen molar-refractivity contribution in [2.24, 2.45) is 0 Å². The van der Waals surface area contributed by atoms with Gasteiger partial charge in [-0.25, -0.2) is 4.39 Å². The fourth-order valence-electron chi connectivity index (χ4n) is 1.98. The molecule has 21 heavy (non-hydrogen) atoms. The molecule has 0 radical (unpaired) electrons. The van der Waals surface area contributed by atoms with Crippen LogP contribution in [0.4, 0.5) is 4.39 Å². The predicted octanol–water partition coefficient (Wildman–Crippen LogP) is 1.49. The molecule has 2 rings (SSSR count). The number of hydrogen-bond acceptors (Lipinski definition) is 3. The molecule has 0 bridgehead atoms. The number of hydrogen-bond donors (Lipinski definition) is 1. The molecule has 1 aromatic rings. The number of rotatable bonds is 2. The second kappa shape index (κ2) is 7.28. The van der Waals surface area contributed by atoms with Crippen LogP contribution in [0.2, 0.25) is 0 Å². The van der Waals surface area contributed by atoms with Crippen molar-refractivity contribution in [1.29, 1.82) is 0 Å². The Labute approximate surface area is 129 Å². The quantitative estimate of drug-likeness (QED) is 0.663. The number of carbonyl (C=O) groups is 1. The summed E-state index contributed by atoms with van der Waals surface area (Å²) in [5.41, 5.74) is 0.761. The first-order chi connectivity index (χ1) is 10.0. The highest BCUT2D eigenvalue weighted by Crippen LogP contribution is 2.04. The van der Waals surface area contributed by atoms with Crippen LogP contribution < -0.4 is 5.32 Å². The minimum atomic E-state index is -0.298. The first-order valence-corrected chi connectivity index (χ1v) is 7.17. The summed E-state index contributed by atoms with van der Waals surface area (Å²) in [6.45, 7) is 3.50. The minimum Gasteiger partial charge on any atom is -0.346 e. The molecule has 0 aromatic heterocycles. The van der Waals surface area contributed by atoms with Crippen LogP contribution in [0.3, 0.4) is 0 Å². The lowest BCUT2D eigenvalue weighted by molar-refractivity contribution is -0.115. The molecule has 1 aromatic carbocycles. The summed E-state index contributed by atoms with van der Waals surface area (Å²) in [5, 5.41) is 3.14. The van der Waals surface area contributed by atoms with E-state index >= 15 is 0 Å². The van der Waals surface area contributed by atoms with Gasteiger partial charge in [0.05, 0.1) is 0 Å². The first-order valence-electron chi connectivity index (χ1n) is 6.77. The van der Waals surface area contributed by atoms with Crippen molar-refractivity contribution >= 4 is 29.3 Å². The zero-order valence-corrected chi connectivity index (χ0v) is 12.7. The number of nitrogens with zero attached hydrogens (tertiary/aromatic N) is 2. The molecule has 1 fully saturated rings. The number of likely N-dealkylation sites (N-methyl/N-ethyl adjacent to an activating group) is 1. The number of halogens is 1. The fourth-order valence-corrected chi connectivity index (χ4v) is 2.26. The molecule has 0 spiro atoms. The maximum atomic E-state index is 12.8. The Morgan fingerprint density at radius 3 is 2.48 bits per heavy atom. The number of thiocarbonyl (C=S) groups is 1. The van der Waals surface area contributed by atoms with Gasteiger partial charge in [-0.2, -0.15) is 0 Å². The summed E-state index contributed by atoms with van der Waals surface area (Å²) in [6, 6.07) is 5.93. The number of nitrogens with one attached hydrogen (secondary N) is 1. The Hall–Kier alpha value is -1.79. The third kappa shape index (κ3) is 4.91. The summed E-state index contributed by atoms with van der Waals surface area (Å²) in [7, 11) is 2.06. The van der Waals surface area contributed by atoms with Crippen molar-refractivity contribution in [2.45, 2.75) is 0 Å². The molecule has 6 heteroatoms. The second-order valence-corrected chi connectivity index (χ2v) is 5.36. The largest absolute Gasteiger partial charge is 0.346 e. The van der Waals surface area contributed by atoms with E-state index in [2.05, 4.69) is 17.3 Å². The van der Waals surface area contributed by atoms with Gasteiger partial charge in [0, 0.05) is 32.3 Å². The zero-order valence-electron chi connectivity index (χ0n) is 11.9. The summed E-state index contributed by atoms with van der Waals surface area (Å²) in [5.74, 6) is -0.573. The minimum absolute atomic E-state index is 0.275. The number of piperazine rings is 1. The molecule has 0 atom stereocenters. The lowest BCUT2D eigenvalue weighted by Crippen LogP contribution is -2.51. The monoisotopic (exact) mass is 307 g/mol.